The van der Waals surface area contributed by atoms with Gasteiger partial charge in [0.1, 0.15) is 5.60 Å². The number of rotatable bonds is 2. The average molecular weight is 319 g/mol. The summed E-state index contributed by atoms with van der Waals surface area (Å²) in [5.41, 5.74) is 7.30. The summed E-state index contributed by atoms with van der Waals surface area (Å²) >= 11 is 0. The summed E-state index contributed by atoms with van der Waals surface area (Å²) in [6.07, 6.45) is -0.218. The predicted octanol–water partition coefficient (Wildman–Crippen LogP) is 3.10. The van der Waals surface area contributed by atoms with Gasteiger partial charge in [0.05, 0.1) is 0 Å². The minimum Gasteiger partial charge on any atom is -0.444 e. The Morgan fingerprint density at radius 3 is 2.17 bits per heavy atom. The number of nitrogen functional groups attached to an aromatic ring is 1. The van der Waals surface area contributed by atoms with Gasteiger partial charge in [-0.15, -0.1) is 0 Å². The number of nitrogens with zero attached hydrogens (tertiary/aromatic N) is 2. The quantitative estimate of drug-likeness (QED) is 0.851. The minimum absolute atomic E-state index is 0.127. The molecule has 1 aromatic rings. The van der Waals surface area contributed by atoms with Crippen molar-refractivity contribution >= 4 is 11.8 Å². The monoisotopic (exact) mass is 319 g/mol. The van der Waals surface area contributed by atoms with Crippen LogP contribution in [0.5, 0.6) is 0 Å². The van der Waals surface area contributed by atoms with Crippen molar-refractivity contribution < 1.29 is 9.53 Å². The second-order valence-electron chi connectivity index (χ2n) is 7.52. The number of nitrogens with two attached hydrogens (primary N) is 1. The molecule has 1 heterocycles. The van der Waals surface area contributed by atoms with Crippen molar-refractivity contribution in [2.45, 2.75) is 58.8 Å². The topological polar surface area (TPSA) is 58.8 Å². The molecule has 23 heavy (non-hydrogen) atoms. The van der Waals surface area contributed by atoms with Crippen LogP contribution in [-0.2, 0) is 11.3 Å². The molecule has 0 spiro atoms. The Hall–Kier alpha value is -1.75. The molecular formula is C18H29N3O2. The Kier molecular flexibility index (Phi) is 5.19. The molecule has 2 atom stereocenters. The lowest BCUT2D eigenvalue weighted by molar-refractivity contribution is -0.0162. The molecule has 0 radical (unpaired) electrons. The third-order valence-corrected chi connectivity index (χ3v) is 3.98. The average Bonchev–Trinajstić information content (AvgIpc) is 2.38. The number of carbonyl (C=O) groups is 1. The van der Waals surface area contributed by atoms with Crippen LogP contribution in [0.2, 0.25) is 0 Å². The van der Waals surface area contributed by atoms with E-state index in [2.05, 4.69) is 30.9 Å². The SMILES string of the molecule is CC1CN(Cc2ccc(N)cc2)CC(C)N1C(=O)OC(C)(C)C. The first-order chi connectivity index (χ1) is 10.7. The van der Waals surface area contributed by atoms with Crippen molar-refractivity contribution in [2.75, 3.05) is 18.8 Å². The van der Waals surface area contributed by atoms with E-state index in [0.717, 1.165) is 25.3 Å². The number of hydrogen-bond acceptors (Lipinski definition) is 4. The number of hydrogen-bond donors (Lipinski definition) is 1. The van der Waals surface area contributed by atoms with Crippen LogP contribution in [0.3, 0.4) is 0 Å². The molecule has 1 aliphatic heterocycles. The Labute approximate surface area is 139 Å². The summed E-state index contributed by atoms with van der Waals surface area (Å²) in [4.78, 5) is 16.7. The second-order valence-corrected chi connectivity index (χ2v) is 7.52. The summed E-state index contributed by atoms with van der Waals surface area (Å²) in [7, 11) is 0. The van der Waals surface area contributed by atoms with Crippen LogP contribution in [0.4, 0.5) is 10.5 Å². The number of carbonyl (C=O) groups excluding carboxylic acids is 1. The maximum Gasteiger partial charge on any atom is 0.410 e. The number of ether oxygens (including phenoxy) is 1. The van der Waals surface area contributed by atoms with Gasteiger partial charge in [-0.05, 0) is 52.3 Å². The summed E-state index contributed by atoms with van der Waals surface area (Å²) < 4.78 is 5.54. The van der Waals surface area contributed by atoms with Gasteiger partial charge in [-0.2, -0.15) is 0 Å². The molecule has 0 aliphatic carbocycles. The van der Waals surface area contributed by atoms with Gasteiger partial charge in [0.15, 0.2) is 0 Å². The summed E-state index contributed by atoms with van der Waals surface area (Å²) in [6.45, 7) is 12.4. The number of anilines is 1. The molecule has 0 saturated carbocycles. The molecule has 0 aromatic heterocycles. The van der Waals surface area contributed by atoms with Gasteiger partial charge in [-0.25, -0.2) is 4.79 Å². The van der Waals surface area contributed by atoms with Crippen molar-refractivity contribution in [2.24, 2.45) is 0 Å². The third-order valence-electron chi connectivity index (χ3n) is 3.98. The van der Waals surface area contributed by atoms with Crippen molar-refractivity contribution in [3.63, 3.8) is 0 Å². The van der Waals surface area contributed by atoms with Crippen LogP contribution in [0.25, 0.3) is 0 Å². The lowest BCUT2D eigenvalue weighted by Crippen LogP contribution is -2.59. The van der Waals surface area contributed by atoms with Gasteiger partial charge in [-0.3, -0.25) is 4.90 Å². The van der Waals surface area contributed by atoms with Gasteiger partial charge in [0, 0.05) is 37.4 Å². The first kappa shape index (κ1) is 17.6. The van der Waals surface area contributed by atoms with Crippen LogP contribution in [0.1, 0.15) is 40.2 Å². The van der Waals surface area contributed by atoms with Crippen molar-refractivity contribution in [3.05, 3.63) is 29.8 Å². The zero-order valence-electron chi connectivity index (χ0n) is 14.9. The maximum atomic E-state index is 12.4. The Morgan fingerprint density at radius 1 is 1.17 bits per heavy atom. The maximum absolute atomic E-state index is 12.4. The van der Waals surface area contributed by atoms with Crippen molar-refractivity contribution in [1.82, 2.24) is 9.80 Å². The highest BCUT2D eigenvalue weighted by Crippen LogP contribution is 2.21. The molecule has 5 nitrogen and oxygen atoms in total. The van der Waals surface area contributed by atoms with Crippen LogP contribution in [0.15, 0.2) is 24.3 Å². The molecule has 2 rings (SSSR count). The first-order valence-corrected chi connectivity index (χ1v) is 8.24. The zero-order valence-corrected chi connectivity index (χ0v) is 14.9. The third kappa shape index (κ3) is 4.86. The molecule has 1 aromatic carbocycles. The smallest absolute Gasteiger partial charge is 0.410 e. The number of amides is 1. The van der Waals surface area contributed by atoms with Gasteiger partial charge in [0.25, 0.3) is 0 Å². The van der Waals surface area contributed by atoms with E-state index in [4.69, 9.17) is 10.5 Å². The van der Waals surface area contributed by atoms with Gasteiger partial charge < -0.3 is 15.4 Å². The summed E-state index contributed by atoms with van der Waals surface area (Å²) in [6, 6.07) is 8.23. The molecule has 0 bridgehead atoms. The van der Waals surface area contributed by atoms with E-state index in [1.807, 2.05) is 37.8 Å². The highest BCUT2D eigenvalue weighted by Gasteiger charge is 2.35. The lowest BCUT2D eigenvalue weighted by atomic mass is 10.1. The van der Waals surface area contributed by atoms with E-state index in [1.54, 1.807) is 0 Å². The predicted molar refractivity (Wildman–Crippen MR) is 93.1 cm³/mol. The number of piperazine rings is 1. The van der Waals surface area contributed by atoms with Crippen molar-refractivity contribution in [1.29, 1.82) is 0 Å². The normalized spacial score (nSPS) is 22.9. The van der Waals surface area contributed by atoms with E-state index in [1.165, 1.54) is 5.56 Å². The van der Waals surface area contributed by atoms with Crippen LogP contribution in [-0.4, -0.2) is 46.7 Å². The molecule has 2 unspecified atom stereocenters. The Morgan fingerprint density at radius 2 is 1.70 bits per heavy atom. The Bertz CT molecular complexity index is 524. The number of benzene rings is 1. The molecule has 1 saturated heterocycles. The van der Waals surface area contributed by atoms with Gasteiger partial charge >= 0.3 is 6.09 Å². The fourth-order valence-corrected chi connectivity index (χ4v) is 3.12. The van der Waals surface area contributed by atoms with E-state index >= 15 is 0 Å². The van der Waals surface area contributed by atoms with E-state index < -0.39 is 5.60 Å². The molecule has 5 heteroatoms. The molecular weight excluding hydrogens is 290 g/mol. The van der Waals surface area contributed by atoms with E-state index in [0.29, 0.717) is 0 Å². The van der Waals surface area contributed by atoms with Crippen LogP contribution >= 0.6 is 0 Å². The zero-order chi connectivity index (χ0) is 17.2. The van der Waals surface area contributed by atoms with E-state index in [9.17, 15) is 4.79 Å². The molecule has 1 amide bonds. The van der Waals surface area contributed by atoms with Gasteiger partial charge in [-0.1, -0.05) is 12.1 Å². The largest absolute Gasteiger partial charge is 0.444 e. The Balaban J connectivity index is 1.98. The highest BCUT2D eigenvalue weighted by molar-refractivity contribution is 5.69. The lowest BCUT2D eigenvalue weighted by Gasteiger charge is -2.44. The minimum atomic E-state index is -0.461. The van der Waals surface area contributed by atoms with Gasteiger partial charge in [0.2, 0.25) is 0 Å². The summed E-state index contributed by atoms with van der Waals surface area (Å²) in [5.74, 6) is 0. The first-order valence-electron chi connectivity index (χ1n) is 8.24. The molecule has 2 N–H and O–H groups in total. The van der Waals surface area contributed by atoms with E-state index in [-0.39, 0.29) is 18.2 Å². The van der Waals surface area contributed by atoms with Crippen LogP contribution in [0, 0.1) is 0 Å². The molecule has 1 fully saturated rings. The fourth-order valence-electron chi connectivity index (χ4n) is 3.12. The van der Waals surface area contributed by atoms with Crippen molar-refractivity contribution in [3.8, 4) is 0 Å². The standard InChI is InChI=1S/C18H29N3O2/c1-13-10-20(12-15-6-8-16(19)9-7-15)11-14(2)21(13)17(22)23-18(3,4)5/h6-9,13-14H,10-12,19H2,1-5H3. The second kappa shape index (κ2) is 6.79. The summed E-state index contributed by atoms with van der Waals surface area (Å²) in [5, 5.41) is 0. The fraction of sp³-hybridized carbons (Fsp3) is 0.611. The molecule has 128 valence electrons. The molecule has 1 aliphatic rings. The highest BCUT2D eigenvalue weighted by atomic mass is 16.6. The van der Waals surface area contributed by atoms with Crippen LogP contribution < -0.4 is 5.73 Å².